The third-order valence-corrected chi connectivity index (χ3v) is 13.3. The van der Waals surface area contributed by atoms with Gasteiger partial charge in [0, 0.05) is 18.7 Å². The summed E-state index contributed by atoms with van der Waals surface area (Å²) in [6.07, 6.45) is 11.6. The van der Waals surface area contributed by atoms with Gasteiger partial charge in [-0.3, -0.25) is 14.5 Å². The highest BCUT2D eigenvalue weighted by atomic mass is 16.5. The number of methoxy groups -OCH3 is 1. The zero-order valence-electron chi connectivity index (χ0n) is 35.7. The van der Waals surface area contributed by atoms with Crippen molar-refractivity contribution in [2.45, 2.75) is 132 Å². The van der Waals surface area contributed by atoms with Crippen LogP contribution in [0.25, 0.3) is 21.5 Å². The van der Waals surface area contributed by atoms with Gasteiger partial charge in [-0.1, -0.05) is 90.1 Å². The monoisotopic (exact) mass is 762 g/mol. The first kappa shape index (κ1) is 41.7. The van der Waals surface area contributed by atoms with Gasteiger partial charge >= 0.3 is 5.97 Å². The second-order valence-corrected chi connectivity index (χ2v) is 19.1. The van der Waals surface area contributed by atoms with Crippen molar-refractivity contribution in [3.05, 3.63) is 82.9 Å². The Labute approximate surface area is 336 Å². The van der Waals surface area contributed by atoms with Crippen LogP contribution in [0.4, 0.5) is 0 Å². The summed E-state index contributed by atoms with van der Waals surface area (Å²) in [5, 5.41) is 4.68. The molecule has 1 saturated heterocycles. The maximum Gasteiger partial charge on any atom is 0.310 e. The summed E-state index contributed by atoms with van der Waals surface area (Å²) in [5.74, 6) is 3.21. The van der Waals surface area contributed by atoms with E-state index in [1.54, 1.807) is 0 Å². The Morgan fingerprint density at radius 1 is 0.679 bits per heavy atom. The smallest absolute Gasteiger partial charge is 0.310 e. The number of hydrogen-bond acceptors (Lipinski definition) is 6. The second kappa shape index (κ2) is 17.7. The molecule has 1 aliphatic heterocycles. The lowest BCUT2D eigenvalue weighted by molar-refractivity contribution is -0.144. The molecule has 6 nitrogen and oxygen atoms in total. The number of benzene rings is 4. The Kier molecular flexibility index (Phi) is 13.2. The molecular weight excluding hydrogens is 695 g/mol. The molecule has 2 saturated carbocycles. The summed E-state index contributed by atoms with van der Waals surface area (Å²) in [4.78, 5) is 26.1. The van der Waals surface area contributed by atoms with Crippen molar-refractivity contribution < 1.29 is 23.8 Å². The molecule has 4 aromatic rings. The van der Waals surface area contributed by atoms with E-state index in [-0.39, 0.29) is 24.1 Å². The summed E-state index contributed by atoms with van der Waals surface area (Å²) in [7, 11) is 1.48. The van der Waals surface area contributed by atoms with E-state index in [0.717, 1.165) is 97.7 Å². The molecule has 1 heterocycles. The van der Waals surface area contributed by atoms with Crippen molar-refractivity contribution in [1.82, 2.24) is 4.90 Å². The van der Waals surface area contributed by atoms with Gasteiger partial charge in [-0.2, -0.15) is 0 Å². The molecule has 7 rings (SSSR count). The van der Waals surface area contributed by atoms with Gasteiger partial charge in [0.1, 0.15) is 11.5 Å². The van der Waals surface area contributed by atoms with Crippen molar-refractivity contribution in [2.75, 3.05) is 20.2 Å². The predicted molar refractivity (Wildman–Crippen MR) is 230 cm³/mol. The molecule has 0 radical (unpaired) electrons. The van der Waals surface area contributed by atoms with Crippen LogP contribution in [-0.4, -0.2) is 49.6 Å². The summed E-state index contributed by atoms with van der Waals surface area (Å²) in [6, 6.07) is 21.0. The average molecular weight is 762 g/mol. The molecule has 3 fully saturated rings. The van der Waals surface area contributed by atoms with Gasteiger partial charge in [0.15, 0.2) is 6.29 Å². The van der Waals surface area contributed by atoms with Crippen LogP contribution in [0.3, 0.4) is 0 Å². The zero-order valence-corrected chi connectivity index (χ0v) is 35.7. The van der Waals surface area contributed by atoms with E-state index in [0.29, 0.717) is 16.4 Å². The first-order valence-corrected chi connectivity index (χ1v) is 21.3. The molecule has 4 aromatic carbocycles. The lowest BCUT2D eigenvalue weighted by Gasteiger charge is -2.37. The molecular formula is C50H67NO5. The number of aryl methyl sites for hydroxylation is 2. The minimum atomic E-state index is -0.0895. The number of fused-ring (bicyclic) bond motifs is 2. The van der Waals surface area contributed by atoms with Crippen LogP contribution in [0.15, 0.2) is 60.7 Å². The van der Waals surface area contributed by atoms with Crippen LogP contribution in [0.2, 0.25) is 0 Å². The minimum Gasteiger partial charge on any atom is -0.490 e. The SMILES string of the molecule is COC(=O)C1CCN(Cc2c(OC3CCC(C(C)(C)C)CC3)cc(C)c3ccccc23)C1.Cc1cc(OC2CCC(C(C)(C)C)CC2)c(C=O)c2ccccc12. The largest absolute Gasteiger partial charge is 0.490 e. The fourth-order valence-corrected chi connectivity index (χ4v) is 9.63. The van der Waals surface area contributed by atoms with Crippen LogP contribution < -0.4 is 9.47 Å². The Bertz CT molecular complexity index is 1970. The number of nitrogens with zero attached hydrogens (tertiary/aromatic N) is 1. The minimum absolute atomic E-state index is 0.0197. The molecule has 3 aliphatic rings. The third-order valence-electron chi connectivity index (χ3n) is 13.3. The van der Waals surface area contributed by atoms with E-state index in [1.807, 2.05) is 24.3 Å². The number of hydrogen-bond donors (Lipinski definition) is 0. The van der Waals surface area contributed by atoms with Gasteiger partial charge < -0.3 is 14.2 Å². The third kappa shape index (κ3) is 9.79. The van der Waals surface area contributed by atoms with Crippen LogP contribution in [0.1, 0.15) is 126 Å². The maximum atomic E-state index is 12.0. The van der Waals surface area contributed by atoms with E-state index < -0.39 is 0 Å². The number of likely N-dealkylation sites (tertiary alicyclic amines) is 1. The Balaban J connectivity index is 0.000000198. The lowest BCUT2D eigenvalue weighted by Crippen LogP contribution is -2.31. The number of ether oxygens (including phenoxy) is 3. The molecule has 0 bridgehead atoms. The van der Waals surface area contributed by atoms with Gasteiger partial charge in [-0.25, -0.2) is 0 Å². The summed E-state index contributed by atoms with van der Waals surface area (Å²) in [5.41, 5.74) is 5.12. The Morgan fingerprint density at radius 2 is 1.14 bits per heavy atom. The number of carbonyl (C=O) groups is 2. The molecule has 56 heavy (non-hydrogen) atoms. The van der Waals surface area contributed by atoms with Crippen LogP contribution in [-0.2, 0) is 16.1 Å². The first-order chi connectivity index (χ1) is 26.7. The standard InChI is InChI=1S/C28H39NO3.C22H28O2/c1-19-16-26(32-22-12-10-21(11-13-22)28(2,3)4)25(24-9-7-6-8-23(19)24)18-29-15-14-20(17-29)27(30)31-5;1-15-13-21(20(14-23)19-8-6-5-7-18(15)19)24-17-11-9-16(10-12-17)22(2,3)4/h6-9,16,20-22H,10-15,17-18H2,1-5H3;5-8,13-14,16-17H,9-12H2,1-4H3. The van der Waals surface area contributed by atoms with Crippen molar-refractivity contribution in [1.29, 1.82) is 0 Å². The normalized spacial score (nSPS) is 23.3. The fourth-order valence-electron chi connectivity index (χ4n) is 9.63. The number of rotatable bonds is 8. The topological polar surface area (TPSA) is 65.1 Å². The highest BCUT2D eigenvalue weighted by Gasteiger charge is 2.33. The van der Waals surface area contributed by atoms with Gasteiger partial charge in [0.05, 0.1) is 30.8 Å². The van der Waals surface area contributed by atoms with Crippen LogP contribution in [0, 0.1) is 42.4 Å². The summed E-state index contributed by atoms with van der Waals surface area (Å²) < 4.78 is 18.0. The van der Waals surface area contributed by atoms with Gasteiger partial charge in [-0.15, -0.1) is 0 Å². The fraction of sp³-hybridized carbons (Fsp3) is 0.560. The van der Waals surface area contributed by atoms with Crippen LogP contribution in [0.5, 0.6) is 11.5 Å². The molecule has 0 spiro atoms. The van der Waals surface area contributed by atoms with Crippen molar-refractivity contribution >= 4 is 33.8 Å². The predicted octanol–water partition coefficient (Wildman–Crippen LogP) is 12.1. The van der Waals surface area contributed by atoms with Crippen molar-refractivity contribution in [3.63, 3.8) is 0 Å². The Hall–Kier alpha value is -3.90. The van der Waals surface area contributed by atoms with Crippen molar-refractivity contribution in [3.8, 4) is 11.5 Å². The lowest BCUT2D eigenvalue weighted by atomic mass is 9.72. The van der Waals surface area contributed by atoms with Gasteiger partial charge in [0.2, 0.25) is 0 Å². The Morgan fingerprint density at radius 3 is 1.64 bits per heavy atom. The molecule has 2 aliphatic carbocycles. The molecule has 0 amide bonds. The number of carbonyl (C=O) groups excluding carboxylic acids is 2. The van der Waals surface area contributed by atoms with Gasteiger partial charge in [0.25, 0.3) is 0 Å². The van der Waals surface area contributed by atoms with E-state index in [4.69, 9.17) is 14.2 Å². The highest BCUT2D eigenvalue weighted by molar-refractivity contribution is 6.02. The maximum absolute atomic E-state index is 12.0. The van der Waals surface area contributed by atoms with E-state index in [2.05, 4.69) is 96.7 Å². The van der Waals surface area contributed by atoms with Crippen molar-refractivity contribution in [2.24, 2.45) is 28.6 Å². The van der Waals surface area contributed by atoms with E-state index in [9.17, 15) is 9.59 Å². The summed E-state index contributed by atoms with van der Waals surface area (Å²) >= 11 is 0. The number of esters is 1. The molecule has 1 atom stereocenters. The average Bonchev–Trinajstić information content (AvgIpc) is 3.65. The summed E-state index contributed by atoms with van der Waals surface area (Å²) in [6.45, 7) is 20.8. The number of aldehydes is 1. The second-order valence-electron chi connectivity index (χ2n) is 19.1. The van der Waals surface area contributed by atoms with Crippen LogP contribution >= 0.6 is 0 Å². The quantitative estimate of drug-likeness (QED) is 0.132. The van der Waals surface area contributed by atoms with E-state index in [1.165, 1.54) is 54.7 Å². The first-order valence-electron chi connectivity index (χ1n) is 21.3. The highest BCUT2D eigenvalue weighted by Crippen LogP contribution is 2.42. The molecule has 1 unspecified atom stereocenters. The molecule has 0 aromatic heterocycles. The zero-order chi connectivity index (χ0) is 40.2. The molecule has 0 N–H and O–H groups in total. The van der Waals surface area contributed by atoms with E-state index >= 15 is 0 Å². The molecule has 302 valence electrons. The van der Waals surface area contributed by atoms with Gasteiger partial charge in [-0.05, 0) is 146 Å². The molecule has 6 heteroatoms.